The predicted molar refractivity (Wildman–Crippen MR) is 131 cm³/mol. The zero-order valence-electron chi connectivity index (χ0n) is 18.9. The van der Waals surface area contributed by atoms with Crippen molar-refractivity contribution in [2.45, 2.75) is 46.2 Å². The second kappa shape index (κ2) is 9.67. The minimum atomic E-state index is -0.125. The molecule has 0 aliphatic heterocycles. The summed E-state index contributed by atoms with van der Waals surface area (Å²) in [4.78, 5) is 9.38. The van der Waals surface area contributed by atoms with Crippen molar-refractivity contribution < 1.29 is 5.11 Å². The second-order valence-electron chi connectivity index (χ2n) is 8.60. The van der Waals surface area contributed by atoms with E-state index in [0.717, 1.165) is 16.8 Å². The number of hydrogen-bond donors (Lipinski definition) is 3. The van der Waals surface area contributed by atoms with Crippen LogP contribution < -0.4 is 10.6 Å². The molecule has 0 fully saturated rings. The largest absolute Gasteiger partial charge is 0.394 e. The Morgan fingerprint density at radius 2 is 1.81 bits per heavy atom. The van der Waals surface area contributed by atoms with Gasteiger partial charge in [0.2, 0.25) is 11.9 Å². The van der Waals surface area contributed by atoms with Crippen molar-refractivity contribution in [1.29, 1.82) is 0 Å². The number of aromatic nitrogens is 4. The van der Waals surface area contributed by atoms with Gasteiger partial charge in [0.25, 0.3) is 0 Å². The fraction of sp³-hybridized carbons (Fsp3) is 0.375. The lowest BCUT2D eigenvalue weighted by Gasteiger charge is -2.20. The molecule has 32 heavy (non-hydrogen) atoms. The molecule has 0 aliphatic carbocycles. The molecular weight excluding hydrogens is 420 g/mol. The minimum absolute atomic E-state index is 0.0156. The van der Waals surface area contributed by atoms with E-state index in [2.05, 4.69) is 89.5 Å². The van der Waals surface area contributed by atoms with Crippen molar-refractivity contribution in [3.63, 3.8) is 0 Å². The predicted octanol–water partition coefficient (Wildman–Crippen LogP) is 5.02. The van der Waals surface area contributed by atoms with Gasteiger partial charge in [0.15, 0.2) is 5.65 Å². The maximum absolute atomic E-state index is 9.74. The van der Waals surface area contributed by atoms with E-state index >= 15 is 0 Å². The summed E-state index contributed by atoms with van der Waals surface area (Å²) in [5, 5.41) is 25.2. The third kappa shape index (κ3) is 4.76. The minimum Gasteiger partial charge on any atom is -0.394 e. The van der Waals surface area contributed by atoms with E-state index in [0.29, 0.717) is 18.4 Å². The van der Waals surface area contributed by atoms with E-state index in [1.807, 2.05) is 6.20 Å². The van der Waals surface area contributed by atoms with Gasteiger partial charge in [-0.2, -0.15) is 30.9 Å². The fourth-order valence-corrected chi connectivity index (χ4v) is 4.16. The van der Waals surface area contributed by atoms with Gasteiger partial charge in [0.05, 0.1) is 18.8 Å². The van der Waals surface area contributed by atoms with Crippen LogP contribution in [0.3, 0.4) is 0 Å². The molecule has 4 aromatic rings. The summed E-state index contributed by atoms with van der Waals surface area (Å²) in [6, 6.07) is 10.5. The van der Waals surface area contributed by atoms with E-state index in [-0.39, 0.29) is 24.5 Å². The fourth-order valence-electron chi connectivity index (χ4n) is 3.49. The number of fused-ring (bicyclic) bond motifs is 1. The number of aliphatic hydroxyl groups excluding tert-OH is 1. The molecule has 0 bridgehead atoms. The van der Waals surface area contributed by atoms with Crippen LogP contribution in [0.25, 0.3) is 16.8 Å². The first-order valence-electron chi connectivity index (χ1n) is 10.9. The Morgan fingerprint density at radius 3 is 2.44 bits per heavy atom. The summed E-state index contributed by atoms with van der Waals surface area (Å²) >= 11 is 1.70. The van der Waals surface area contributed by atoms with Gasteiger partial charge < -0.3 is 15.7 Å². The topological polar surface area (TPSA) is 87.4 Å². The molecule has 4 rings (SSSR count). The summed E-state index contributed by atoms with van der Waals surface area (Å²) in [6.45, 7) is 8.99. The van der Waals surface area contributed by atoms with Crippen molar-refractivity contribution in [2.24, 2.45) is 5.92 Å². The first-order valence-corrected chi connectivity index (χ1v) is 11.9. The molecule has 168 valence electrons. The van der Waals surface area contributed by atoms with E-state index in [1.54, 1.807) is 15.9 Å². The Morgan fingerprint density at radius 1 is 1.03 bits per heavy atom. The van der Waals surface area contributed by atoms with Crippen LogP contribution in [0.2, 0.25) is 0 Å². The molecule has 0 aliphatic rings. The lowest BCUT2D eigenvalue weighted by Crippen LogP contribution is -2.30. The molecular formula is C24H30N6OS. The molecule has 0 unspecified atom stereocenters. The highest BCUT2D eigenvalue weighted by Gasteiger charge is 2.18. The maximum atomic E-state index is 9.74. The van der Waals surface area contributed by atoms with Gasteiger partial charge in [-0.1, -0.05) is 52.0 Å². The van der Waals surface area contributed by atoms with Crippen LogP contribution in [-0.4, -0.2) is 37.3 Å². The van der Waals surface area contributed by atoms with Crippen molar-refractivity contribution in [1.82, 2.24) is 19.6 Å². The molecule has 0 spiro atoms. The van der Waals surface area contributed by atoms with E-state index in [1.165, 1.54) is 11.1 Å². The molecule has 8 heteroatoms. The summed E-state index contributed by atoms with van der Waals surface area (Å²) in [7, 11) is 0. The number of nitrogens with one attached hydrogen (secondary N) is 2. The monoisotopic (exact) mass is 450 g/mol. The highest BCUT2D eigenvalue weighted by Crippen LogP contribution is 2.24. The summed E-state index contributed by atoms with van der Waals surface area (Å²) in [6.07, 6.45) is 1.85. The Balaban J connectivity index is 1.60. The summed E-state index contributed by atoms with van der Waals surface area (Å²) in [5.74, 6) is 1.63. The first-order chi connectivity index (χ1) is 15.5. The molecule has 0 saturated carbocycles. The summed E-state index contributed by atoms with van der Waals surface area (Å²) in [5.41, 5.74) is 5.43. The van der Waals surface area contributed by atoms with Crippen LogP contribution in [0.15, 0.2) is 47.3 Å². The van der Waals surface area contributed by atoms with E-state index in [9.17, 15) is 5.11 Å². The van der Waals surface area contributed by atoms with Gasteiger partial charge in [-0.15, -0.1) is 0 Å². The number of anilines is 2. The highest BCUT2D eigenvalue weighted by atomic mass is 32.1. The van der Waals surface area contributed by atoms with Gasteiger partial charge in [0.1, 0.15) is 0 Å². The zero-order valence-corrected chi connectivity index (χ0v) is 19.7. The number of thiophene rings is 1. The second-order valence-corrected chi connectivity index (χ2v) is 9.38. The Labute approximate surface area is 192 Å². The quantitative estimate of drug-likeness (QED) is 0.332. The Kier molecular flexibility index (Phi) is 6.72. The molecule has 1 aromatic carbocycles. The zero-order chi connectivity index (χ0) is 22.7. The van der Waals surface area contributed by atoms with Crippen molar-refractivity contribution in [3.8, 4) is 11.1 Å². The molecule has 7 nitrogen and oxygen atoms in total. The van der Waals surface area contributed by atoms with Crippen molar-refractivity contribution in [3.05, 3.63) is 58.4 Å². The molecule has 3 heterocycles. The molecule has 3 aromatic heterocycles. The lowest BCUT2D eigenvalue weighted by molar-refractivity contribution is 0.248. The standard InChI is InChI=1S/C24H30N6OS/c1-15(2)20-12-26-30-22(20)28-23(27-21(13-31)16(3)4)29-24(30)25-11-17-5-7-18(8-6-17)19-9-10-32-14-19/h5-10,12,14-16,21,31H,11,13H2,1-4H3,(H2,25,27,28,29)/t21-/m0/s1. The van der Waals surface area contributed by atoms with Crippen LogP contribution in [0.5, 0.6) is 0 Å². The van der Waals surface area contributed by atoms with E-state index < -0.39 is 0 Å². The molecule has 0 amide bonds. The Bertz CT molecular complexity index is 1150. The van der Waals surface area contributed by atoms with Gasteiger partial charge in [-0.3, -0.25) is 0 Å². The SMILES string of the molecule is CC(C)c1cnn2c(NCc3ccc(-c4ccsc4)cc3)nc(N[C@@H](CO)C(C)C)nc12. The normalized spacial score (nSPS) is 12.6. The third-order valence-corrected chi connectivity index (χ3v) is 6.28. The highest BCUT2D eigenvalue weighted by molar-refractivity contribution is 7.08. The van der Waals surface area contributed by atoms with Crippen LogP contribution in [0.1, 0.15) is 44.7 Å². The average molecular weight is 451 g/mol. The van der Waals surface area contributed by atoms with Gasteiger partial charge in [-0.25, -0.2) is 0 Å². The van der Waals surface area contributed by atoms with Gasteiger partial charge >= 0.3 is 0 Å². The Hall–Kier alpha value is -2.97. The van der Waals surface area contributed by atoms with Crippen LogP contribution in [-0.2, 0) is 6.54 Å². The van der Waals surface area contributed by atoms with Crippen LogP contribution in [0.4, 0.5) is 11.9 Å². The number of aliphatic hydroxyl groups is 1. The smallest absolute Gasteiger partial charge is 0.229 e. The number of rotatable bonds is 9. The third-order valence-electron chi connectivity index (χ3n) is 5.59. The van der Waals surface area contributed by atoms with E-state index in [4.69, 9.17) is 4.98 Å². The number of hydrogen-bond acceptors (Lipinski definition) is 7. The molecule has 3 N–H and O–H groups in total. The maximum Gasteiger partial charge on any atom is 0.229 e. The van der Waals surface area contributed by atoms with Gasteiger partial charge in [-0.05, 0) is 45.4 Å². The summed E-state index contributed by atoms with van der Waals surface area (Å²) < 4.78 is 1.75. The van der Waals surface area contributed by atoms with Crippen LogP contribution >= 0.6 is 11.3 Å². The number of benzene rings is 1. The van der Waals surface area contributed by atoms with Gasteiger partial charge in [0, 0.05) is 12.1 Å². The van der Waals surface area contributed by atoms with Crippen molar-refractivity contribution in [2.75, 3.05) is 17.2 Å². The lowest BCUT2D eigenvalue weighted by atomic mass is 10.1. The van der Waals surface area contributed by atoms with Crippen LogP contribution in [0, 0.1) is 5.92 Å². The molecule has 1 atom stereocenters. The van der Waals surface area contributed by atoms with Crippen molar-refractivity contribution >= 4 is 28.9 Å². The molecule has 0 radical (unpaired) electrons. The number of nitrogens with zero attached hydrogens (tertiary/aromatic N) is 4. The first kappa shape index (κ1) is 22.2. The average Bonchev–Trinajstić information content (AvgIpc) is 3.46. The molecule has 0 saturated heterocycles.